The standard InChI is InChI=1S/C16H25N3O2.HI/c1-4-21-15-11-13(7-8-14(15)20-3)19-16(17-2)18-10-9-12-5-6-12;/h7-8,11-12H,4-6,9-10H2,1-3H3,(H2,17,18,19);1H. The average Bonchev–Trinajstić information content (AvgIpc) is 3.31. The molecule has 0 saturated heterocycles. The number of ether oxygens (including phenoxy) is 2. The molecular formula is C16H26IN3O2. The number of nitrogens with one attached hydrogen (secondary N) is 2. The summed E-state index contributed by atoms with van der Waals surface area (Å²) in [5, 5.41) is 6.61. The van der Waals surface area contributed by atoms with Gasteiger partial charge in [0.15, 0.2) is 17.5 Å². The molecule has 1 aliphatic rings. The molecule has 0 aliphatic heterocycles. The molecule has 2 rings (SSSR count). The molecule has 0 unspecified atom stereocenters. The summed E-state index contributed by atoms with van der Waals surface area (Å²) in [6, 6.07) is 5.77. The van der Waals surface area contributed by atoms with Gasteiger partial charge in [0.05, 0.1) is 13.7 Å². The van der Waals surface area contributed by atoms with Crippen LogP contribution in [0, 0.1) is 5.92 Å². The van der Waals surface area contributed by atoms with Crippen LogP contribution < -0.4 is 20.1 Å². The Morgan fingerprint density at radius 2 is 2.09 bits per heavy atom. The Kier molecular flexibility index (Phi) is 8.37. The van der Waals surface area contributed by atoms with Crippen LogP contribution in [0.3, 0.4) is 0 Å². The van der Waals surface area contributed by atoms with Crippen molar-refractivity contribution in [3.05, 3.63) is 18.2 Å². The summed E-state index contributed by atoms with van der Waals surface area (Å²) < 4.78 is 10.9. The van der Waals surface area contributed by atoms with Gasteiger partial charge in [-0.1, -0.05) is 12.8 Å². The predicted molar refractivity (Wildman–Crippen MR) is 102 cm³/mol. The SMILES string of the molecule is CCOc1cc(NC(=NC)NCCC2CC2)ccc1OC.I. The van der Waals surface area contributed by atoms with Gasteiger partial charge in [0, 0.05) is 25.3 Å². The molecule has 2 N–H and O–H groups in total. The Balaban J connectivity index is 0.00000242. The Hall–Kier alpha value is -1.18. The third-order valence-electron chi connectivity index (χ3n) is 3.49. The number of aliphatic imine (C=N–C) groups is 1. The lowest BCUT2D eigenvalue weighted by Gasteiger charge is -2.14. The van der Waals surface area contributed by atoms with E-state index in [2.05, 4.69) is 15.6 Å². The van der Waals surface area contributed by atoms with Gasteiger partial charge in [-0.2, -0.15) is 0 Å². The van der Waals surface area contributed by atoms with Gasteiger partial charge in [-0.15, -0.1) is 24.0 Å². The topological polar surface area (TPSA) is 54.9 Å². The fourth-order valence-electron chi connectivity index (χ4n) is 2.14. The normalized spacial score (nSPS) is 14.0. The Bertz CT molecular complexity index is 490. The van der Waals surface area contributed by atoms with Crippen molar-refractivity contribution in [2.24, 2.45) is 10.9 Å². The van der Waals surface area contributed by atoms with Gasteiger partial charge >= 0.3 is 0 Å². The number of nitrogens with zero attached hydrogens (tertiary/aromatic N) is 1. The van der Waals surface area contributed by atoms with E-state index in [1.807, 2.05) is 25.1 Å². The van der Waals surface area contributed by atoms with Crippen molar-refractivity contribution in [3.8, 4) is 11.5 Å². The third kappa shape index (κ3) is 5.90. The minimum atomic E-state index is 0. The molecule has 1 aliphatic carbocycles. The number of hydrogen-bond donors (Lipinski definition) is 2. The number of halogens is 1. The Morgan fingerprint density at radius 1 is 1.32 bits per heavy atom. The maximum absolute atomic E-state index is 5.58. The van der Waals surface area contributed by atoms with E-state index in [0.29, 0.717) is 6.61 Å². The first-order valence-corrected chi connectivity index (χ1v) is 7.55. The summed E-state index contributed by atoms with van der Waals surface area (Å²) in [6.07, 6.45) is 3.97. The van der Waals surface area contributed by atoms with Crippen LogP contribution in [0.4, 0.5) is 5.69 Å². The van der Waals surface area contributed by atoms with Crippen LogP contribution in [0.1, 0.15) is 26.2 Å². The van der Waals surface area contributed by atoms with Gasteiger partial charge < -0.3 is 20.1 Å². The Labute approximate surface area is 149 Å². The van der Waals surface area contributed by atoms with Gasteiger partial charge in [-0.05, 0) is 31.4 Å². The second kappa shape index (κ2) is 9.76. The van der Waals surface area contributed by atoms with Crippen molar-refractivity contribution in [3.63, 3.8) is 0 Å². The largest absolute Gasteiger partial charge is 0.493 e. The zero-order chi connectivity index (χ0) is 15.1. The summed E-state index contributed by atoms with van der Waals surface area (Å²) in [6.45, 7) is 3.52. The van der Waals surface area contributed by atoms with Gasteiger partial charge in [0.1, 0.15) is 0 Å². The van der Waals surface area contributed by atoms with E-state index >= 15 is 0 Å². The van der Waals surface area contributed by atoms with Crippen LogP contribution in [0.25, 0.3) is 0 Å². The van der Waals surface area contributed by atoms with Crippen LogP contribution in [0.15, 0.2) is 23.2 Å². The minimum absolute atomic E-state index is 0. The number of benzene rings is 1. The first-order chi connectivity index (χ1) is 10.3. The zero-order valence-corrected chi connectivity index (χ0v) is 15.8. The average molecular weight is 419 g/mol. The third-order valence-corrected chi connectivity index (χ3v) is 3.49. The molecule has 1 saturated carbocycles. The highest BCUT2D eigenvalue weighted by Crippen LogP contribution is 2.32. The maximum Gasteiger partial charge on any atom is 0.195 e. The molecule has 5 nitrogen and oxygen atoms in total. The maximum atomic E-state index is 5.58. The summed E-state index contributed by atoms with van der Waals surface area (Å²) in [5.74, 6) is 3.17. The lowest BCUT2D eigenvalue weighted by atomic mass is 10.2. The van der Waals surface area contributed by atoms with Crippen molar-refractivity contribution in [2.45, 2.75) is 26.2 Å². The quantitative estimate of drug-likeness (QED) is 0.404. The van der Waals surface area contributed by atoms with E-state index < -0.39 is 0 Å². The summed E-state index contributed by atoms with van der Waals surface area (Å²) in [5.41, 5.74) is 0.929. The van der Waals surface area contributed by atoms with Gasteiger partial charge in [-0.25, -0.2) is 0 Å². The molecule has 1 fully saturated rings. The van der Waals surface area contributed by atoms with Crippen LogP contribution in [0.5, 0.6) is 11.5 Å². The zero-order valence-electron chi connectivity index (χ0n) is 13.5. The molecule has 0 atom stereocenters. The first-order valence-electron chi connectivity index (χ1n) is 7.55. The molecule has 0 aromatic heterocycles. The van der Waals surface area contributed by atoms with Crippen molar-refractivity contribution >= 4 is 35.6 Å². The second-order valence-corrected chi connectivity index (χ2v) is 5.15. The lowest BCUT2D eigenvalue weighted by Crippen LogP contribution is -2.31. The minimum Gasteiger partial charge on any atom is -0.493 e. The number of hydrogen-bond acceptors (Lipinski definition) is 3. The lowest BCUT2D eigenvalue weighted by molar-refractivity contribution is 0.311. The number of guanidine groups is 1. The van der Waals surface area contributed by atoms with Gasteiger partial charge in [0.2, 0.25) is 0 Å². The van der Waals surface area contributed by atoms with Crippen LogP contribution in [0.2, 0.25) is 0 Å². The summed E-state index contributed by atoms with van der Waals surface area (Å²) in [7, 11) is 3.42. The van der Waals surface area contributed by atoms with E-state index in [4.69, 9.17) is 9.47 Å². The monoisotopic (exact) mass is 419 g/mol. The number of methoxy groups -OCH3 is 1. The highest BCUT2D eigenvalue weighted by Gasteiger charge is 2.20. The second-order valence-electron chi connectivity index (χ2n) is 5.15. The highest BCUT2D eigenvalue weighted by molar-refractivity contribution is 14.0. The number of rotatable bonds is 7. The van der Waals surface area contributed by atoms with Gasteiger partial charge in [-0.3, -0.25) is 4.99 Å². The van der Waals surface area contributed by atoms with E-state index in [1.54, 1.807) is 14.2 Å². The summed E-state index contributed by atoms with van der Waals surface area (Å²) >= 11 is 0. The predicted octanol–water partition coefficient (Wildman–Crippen LogP) is 3.50. The van der Waals surface area contributed by atoms with Gasteiger partial charge in [0.25, 0.3) is 0 Å². The van der Waals surface area contributed by atoms with E-state index in [0.717, 1.165) is 35.6 Å². The molecule has 1 aromatic carbocycles. The Morgan fingerprint density at radius 3 is 2.68 bits per heavy atom. The fourth-order valence-corrected chi connectivity index (χ4v) is 2.14. The van der Waals surface area contributed by atoms with E-state index in [9.17, 15) is 0 Å². The molecule has 0 amide bonds. The van der Waals surface area contributed by atoms with E-state index in [1.165, 1.54) is 19.3 Å². The van der Waals surface area contributed by atoms with Crippen LogP contribution in [-0.4, -0.2) is 33.3 Å². The first kappa shape index (κ1) is 18.9. The van der Waals surface area contributed by atoms with Crippen molar-refractivity contribution < 1.29 is 9.47 Å². The molecule has 1 aromatic rings. The molecule has 0 spiro atoms. The summed E-state index contributed by atoms with van der Waals surface area (Å²) in [4.78, 5) is 4.24. The van der Waals surface area contributed by atoms with Crippen LogP contribution in [-0.2, 0) is 0 Å². The molecule has 0 radical (unpaired) electrons. The molecule has 0 bridgehead atoms. The van der Waals surface area contributed by atoms with Crippen molar-refractivity contribution in [1.82, 2.24) is 5.32 Å². The molecule has 22 heavy (non-hydrogen) atoms. The molecule has 0 heterocycles. The molecule has 124 valence electrons. The highest BCUT2D eigenvalue weighted by atomic mass is 127. The smallest absolute Gasteiger partial charge is 0.195 e. The molecule has 6 heteroatoms. The fraction of sp³-hybridized carbons (Fsp3) is 0.562. The van der Waals surface area contributed by atoms with Crippen molar-refractivity contribution in [1.29, 1.82) is 0 Å². The van der Waals surface area contributed by atoms with Crippen LogP contribution >= 0.6 is 24.0 Å². The van der Waals surface area contributed by atoms with Crippen molar-refractivity contribution in [2.75, 3.05) is 32.6 Å². The molecular weight excluding hydrogens is 393 g/mol. The van der Waals surface area contributed by atoms with E-state index in [-0.39, 0.29) is 24.0 Å². The number of anilines is 1.